The number of imide groups is 1. The van der Waals surface area contributed by atoms with Crippen LogP contribution in [0.15, 0.2) is 58.3 Å². The third kappa shape index (κ3) is 3.85. The highest BCUT2D eigenvalue weighted by Gasteiger charge is 2.39. The number of nitrogens with zero attached hydrogens (tertiary/aromatic N) is 1. The number of carbonyl (C=O) groups is 2. The van der Waals surface area contributed by atoms with Crippen LogP contribution in [0.5, 0.6) is 0 Å². The molecule has 0 atom stereocenters. The van der Waals surface area contributed by atoms with Gasteiger partial charge in [0.05, 0.1) is 23.6 Å². The highest BCUT2D eigenvalue weighted by atomic mass is 35.5. The Labute approximate surface area is 161 Å². The van der Waals surface area contributed by atoms with Crippen molar-refractivity contribution in [3.8, 4) is 0 Å². The van der Waals surface area contributed by atoms with Gasteiger partial charge in [-0.1, -0.05) is 53.2 Å². The molecule has 0 aliphatic carbocycles. The van der Waals surface area contributed by atoms with E-state index in [2.05, 4.69) is 0 Å². The van der Waals surface area contributed by atoms with Crippen LogP contribution in [-0.4, -0.2) is 37.0 Å². The van der Waals surface area contributed by atoms with Crippen molar-refractivity contribution in [1.29, 1.82) is 0 Å². The summed E-state index contributed by atoms with van der Waals surface area (Å²) in [6.07, 6.45) is 0. The van der Waals surface area contributed by atoms with E-state index in [4.69, 9.17) is 16.3 Å². The molecule has 0 unspecified atom stereocenters. The fraction of sp³-hybridized carbons (Fsp3) is 0.200. The van der Waals surface area contributed by atoms with Gasteiger partial charge in [0.2, 0.25) is 0 Å². The average molecular weight is 388 g/mol. The fourth-order valence-corrected chi connectivity index (χ4v) is 3.77. The number of ether oxygens (including phenoxy) is 1. The second kappa shape index (κ2) is 8.08. The molecule has 0 aromatic heterocycles. The topological polar surface area (TPSA) is 46.6 Å². The molecular formula is C20H18ClNO3S. The van der Waals surface area contributed by atoms with Crippen molar-refractivity contribution in [3.63, 3.8) is 0 Å². The number of carbonyl (C=O) groups excluding carboxylic acids is 2. The maximum atomic E-state index is 12.9. The van der Waals surface area contributed by atoms with Gasteiger partial charge in [-0.15, -0.1) is 0 Å². The van der Waals surface area contributed by atoms with Gasteiger partial charge < -0.3 is 4.74 Å². The molecule has 6 heteroatoms. The lowest BCUT2D eigenvalue weighted by atomic mass is 10.0. The van der Waals surface area contributed by atoms with E-state index in [0.717, 1.165) is 16.0 Å². The van der Waals surface area contributed by atoms with E-state index < -0.39 is 0 Å². The molecule has 0 bridgehead atoms. The van der Waals surface area contributed by atoms with Gasteiger partial charge in [0.1, 0.15) is 0 Å². The second-order valence-electron chi connectivity index (χ2n) is 5.88. The first kappa shape index (κ1) is 18.7. The molecule has 0 saturated heterocycles. The summed E-state index contributed by atoms with van der Waals surface area (Å²) >= 11 is 7.22. The van der Waals surface area contributed by atoms with Gasteiger partial charge in [-0.2, -0.15) is 0 Å². The Balaban J connectivity index is 2.02. The largest absolute Gasteiger partial charge is 0.383 e. The number of benzene rings is 2. The van der Waals surface area contributed by atoms with Crippen LogP contribution in [0.3, 0.4) is 0 Å². The number of thioether (sulfide) groups is 1. The number of rotatable bonds is 6. The summed E-state index contributed by atoms with van der Waals surface area (Å²) in [5.41, 5.74) is 2.27. The zero-order chi connectivity index (χ0) is 18.7. The lowest BCUT2D eigenvalue weighted by molar-refractivity contribution is -0.137. The summed E-state index contributed by atoms with van der Waals surface area (Å²) < 4.78 is 5.04. The minimum atomic E-state index is -0.289. The van der Waals surface area contributed by atoms with Crippen LogP contribution in [0.4, 0.5) is 0 Å². The van der Waals surface area contributed by atoms with Crippen molar-refractivity contribution < 1.29 is 14.3 Å². The molecule has 0 spiro atoms. The minimum absolute atomic E-state index is 0.230. The van der Waals surface area contributed by atoms with E-state index in [1.54, 1.807) is 19.2 Å². The van der Waals surface area contributed by atoms with E-state index in [1.807, 2.05) is 43.3 Å². The van der Waals surface area contributed by atoms with Crippen molar-refractivity contribution in [3.05, 3.63) is 69.6 Å². The molecule has 1 aliphatic rings. The van der Waals surface area contributed by atoms with E-state index in [0.29, 0.717) is 22.1 Å². The van der Waals surface area contributed by atoms with Crippen LogP contribution in [0.1, 0.15) is 11.1 Å². The van der Waals surface area contributed by atoms with Crippen molar-refractivity contribution in [1.82, 2.24) is 4.90 Å². The molecule has 0 saturated carbocycles. The highest BCUT2D eigenvalue weighted by molar-refractivity contribution is 8.04. The first-order valence-corrected chi connectivity index (χ1v) is 9.30. The maximum absolute atomic E-state index is 12.9. The second-order valence-corrected chi connectivity index (χ2v) is 7.40. The molecule has 0 radical (unpaired) electrons. The lowest BCUT2D eigenvalue weighted by Crippen LogP contribution is -2.34. The SMILES string of the molecule is COCCN1C(=O)C(Sc2ccc(Cl)cc2)=C(c2ccc(C)cc2)C1=O. The van der Waals surface area contributed by atoms with Gasteiger partial charge in [0, 0.05) is 17.0 Å². The van der Waals surface area contributed by atoms with Crippen LogP contribution >= 0.6 is 23.4 Å². The van der Waals surface area contributed by atoms with Crippen molar-refractivity contribution >= 4 is 40.8 Å². The Morgan fingerprint density at radius 2 is 1.65 bits per heavy atom. The molecule has 3 rings (SSSR count). The molecule has 1 heterocycles. The van der Waals surface area contributed by atoms with Crippen LogP contribution in [0.2, 0.25) is 5.02 Å². The van der Waals surface area contributed by atoms with Gasteiger partial charge in [-0.25, -0.2) is 0 Å². The predicted molar refractivity (Wildman–Crippen MR) is 104 cm³/mol. The standard InChI is InChI=1S/C20H18ClNO3S/c1-13-3-5-14(6-4-13)17-18(26-16-9-7-15(21)8-10-16)20(24)22(19(17)23)11-12-25-2/h3-10H,11-12H2,1-2H3. The zero-order valence-electron chi connectivity index (χ0n) is 14.5. The predicted octanol–water partition coefficient (Wildman–Crippen LogP) is 4.17. The van der Waals surface area contributed by atoms with Crippen LogP contribution in [-0.2, 0) is 14.3 Å². The maximum Gasteiger partial charge on any atom is 0.268 e. The summed E-state index contributed by atoms with van der Waals surface area (Å²) in [4.78, 5) is 28.3. The monoisotopic (exact) mass is 387 g/mol. The minimum Gasteiger partial charge on any atom is -0.383 e. The van der Waals surface area contributed by atoms with Crippen molar-refractivity contribution in [2.45, 2.75) is 11.8 Å². The number of amides is 2. The molecule has 2 aromatic carbocycles. The highest BCUT2D eigenvalue weighted by Crippen LogP contribution is 2.39. The van der Waals surface area contributed by atoms with Crippen LogP contribution < -0.4 is 0 Å². The lowest BCUT2D eigenvalue weighted by Gasteiger charge is -2.14. The molecule has 2 amide bonds. The van der Waals surface area contributed by atoms with Gasteiger partial charge >= 0.3 is 0 Å². The van der Waals surface area contributed by atoms with Crippen LogP contribution in [0, 0.1) is 6.92 Å². The summed E-state index contributed by atoms with van der Waals surface area (Å²) in [5, 5.41) is 0.623. The van der Waals surface area contributed by atoms with Gasteiger partial charge in [-0.05, 0) is 36.8 Å². The van der Waals surface area contributed by atoms with Gasteiger partial charge in [-0.3, -0.25) is 14.5 Å². The smallest absolute Gasteiger partial charge is 0.268 e. The Kier molecular flexibility index (Phi) is 5.81. The van der Waals surface area contributed by atoms with Crippen molar-refractivity contribution in [2.24, 2.45) is 0 Å². The van der Waals surface area contributed by atoms with Gasteiger partial charge in [0.25, 0.3) is 11.8 Å². The summed E-state index contributed by atoms with van der Waals surface area (Å²) in [6.45, 7) is 2.51. The number of hydrogen-bond acceptors (Lipinski definition) is 4. The van der Waals surface area contributed by atoms with Crippen molar-refractivity contribution in [2.75, 3.05) is 20.3 Å². The molecule has 0 fully saturated rings. The first-order valence-electron chi connectivity index (χ1n) is 8.11. The van der Waals surface area contributed by atoms with E-state index in [9.17, 15) is 9.59 Å². The van der Waals surface area contributed by atoms with E-state index >= 15 is 0 Å². The number of halogens is 1. The molecule has 0 N–H and O–H groups in total. The molecule has 134 valence electrons. The Morgan fingerprint density at radius 1 is 1.00 bits per heavy atom. The first-order chi connectivity index (χ1) is 12.5. The zero-order valence-corrected chi connectivity index (χ0v) is 16.1. The number of hydrogen-bond donors (Lipinski definition) is 0. The van der Waals surface area contributed by atoms with E-state index in [1.165, 1.54) is 16.7 Å². The van der Waals surface area contributed by atoms with Gasteiger partial charge in [0.15, 0.2) is 0 Å². The number of aryl methyl sites for hydroxylation is 1. The Hall–Kier alpha value is -2.08. The van der Waals surface area contributed by atoms with E-state index in [-0.39, 0.29) is 18.4 Å². The summed E-state index contributed by atoms with van der Waals surface area (Å²) in [7, 11) is 1.54. The molecular weight excluding hydrogens is 370 g/mol. The molecule has 26 heavy (non-hydrogen) atoms. The normalized spacial score (nSPS) is 14.5. The molecule has 2 aromatic rings. The summed E-state index contributed by atoms with van der Waals surface area (Å²) in [5.74, 6) is -0.574. The fourth-order valence-electron chi connectivity index (χ4n) is 2.63. The Bertz CT molecular complexity index is 860. The van der Waals surface area contributed by atoms with Crippen LogP contribution in [0.25, 0.3) is 5.57 Å². The quantitative estimate of drug-likeness (QED) is 0.698. The average Bonchev–Trinajstić information content (AvgIpc) is 2.86. The third-order valence-corrected chi connectivity index (χ3v) is 5.36. The molecule has 1 aliphatic heterocycles. The Morgan fingerprint density at radius 3 is 2.27 bits per heavy atom. The third-order valence-electron chi connectivity index (χ3n) is 4.02. The summed E-state index contributed by atoms with van der Waals surface area (Å²) in [6, 6.07) is 14.8. The molecule has 4 nitrogen and oxygen atoms in total. The number of methoxy groups -OCH3 is 1.